The Morgan fingerprint density at radius 2 is 2.12 bits per heavy atom. The third-order valence-electron chi connectivity index (χ3n) is 0.549. The molecule has 0 atom stereocenters. The Hall–Kier alpha value is -0.540. The summed E-state index contributed by atoms with van der Waals surface area (Å²) >= 11 is 0. The van der Waals surface area contributed by atoms with Crippen LogP contribution in [0.2, 0.25) is 0 Å². The van der Waals surface area contributed by atoms with Gasteiger partial charge in [0, 0.05) is 12.1 Å². The van der Waals surface area contributed by atoms with E-state index < -0.39 is 5.97 Å². The first-order chi connectivity index (χ1) is 3.18. The van der Waals surface area contributed by atoms with Gasteiger partial charge in [-0.2, -0.15) is 0 Å². The molecule has 48 valence electrons. The minimum absolute atomic E-state index is 0. The Labute approximate surface area is 53.6 Å². The van der Waals surface area contributed by atoms with E-state index in [4.69, 9.17) is 10.8 Å². The second kappa shape index (κ2) is 4.61. The quantitative estimate of drug-likeness (QED) is 0.527. The molecule has 4 heteroatoms. The van der Waals surface area contributed by atoms with E-state index in [0.29, 0.717) is 0 Å². The molecule has 8 heavy (non-hydrogen) atoms. The minimum Gasteiger partial charge on any atom is -0.478 e. The van der Waals surface area contributed by atoms with E-state index in [2.05, 4.69) is 6.58 Å². The Morgan fingerprint density at radius 3 is 2.12 bits per heavy atom. The van der Waals surface area contributed by atoms with Crippen molar-refractivity contribution in [3.63, 3.8) is 0 Å². The van der Waals surface area contributed by atoms with Crippen LogP contribution in [-0.4, -0.2) is 17.6 Å². The molecule has 0 aliphatic rings. The lowest BCUT2D eigenvalue weighted by molar-refractivity contribution is -0.132. The third-order valence-corrected chi connectivity index (χ3v) is 0.549. The highest BCUT2D eigenvalue weighted by molar-refractivity contribution is 5.86. The van der Waals surface area contributed by atoms with Crippen LogP contribution in [0.4, 0.5) is 0 Å². The number of carboxylic acid groups (broad SMARTS) is 1. The van der Waals surface area contributed by atoms with Crippen molar-refractivity contribution >= 4 is 18.4 Å². The molecule has 0 amide bonds. The second-order valence-corrected chi connectivity index (χ2v) is 1.11. The summed E-state index contributed by atoms with van der Waals surface area (Å²) in [5.41, 5.74) is 4.93. The lowest BCUT2D eigenvalue weighted by atomic mass is 10.3. The lowest BCUT2D eigenvalue weighted by Crippen LogP contribution is -2.10. The monoisotopic (exact) mass is 137 g/mol. The molecule has 0 fully saturated rings. The maximum absolute atomic E-state index is 9.75. The molecule has 3 nitrogen and oxygen atoms in total. The average molecular weight is 138 g/mol. The van der Waals surface area contributed by atoms with Gasteiger partial charge in [-0.1, -0.05) is 6.58 Å². The molecule has 0 aliphatic heterocycles. The predicted octanol–water partition coefficient (Wildman–Crippen LogP) is 0.00770. The first-order valence-electron chi connectivity index (χ1n) is 1.79. The van der Waals surface area contributed by atoms with Crippen molar-refractivity contribution in [2.24, 2.45) is 5.73 Å². The van der Waals surface area contributed by atoms with E-state index in [-0.39, 0.29) is 24.5 Å². The summed E-state index contributed by atoms with van der Waals surface area (Å²) in [6.07, 6.45) is 0. The van der Waals surface area contributed by atoms with E-state index >= 15 is 0 Å². The standard InChI is InChI=1S/C4H7NO2.ClH/c1-3(2-5)4(6)7;/h1-2,5H2,(H,6,7);1H. The Kier molecular flexibility index (Phi) is 6.02. The number of carboxylic acids is 1. The summed E-state index contributed by atoms with van der Waals surface area (Å²) in [4.78, 5) is 9.75. The zero-order valence-electron chi connectivity index (χ0n) is 4.26. The number of halogens is 1. The van der Waals surface area contributed by atoms with Crippen molar-refractivity contribution in [2.45, 2.75) is 0 Å². The van der Waals surface area contributed by atoms with Crippen molar-refractivity contribution in [1.82, 2.24) is 0 Å². The molecule has 0 spiro atoms. The Bertz CT molecular complexity index is 102. The highest BCUT2D eigenvalue weighted by Gasteiger charge is 1.96. The van der Waals surface area contributed by atoms with Crippen LogP contribution in [0.1, 0.15) is 0 Å². The summed E-state index contributed by atoms with van der Waals surface area (Å²) in [5, 5.41) is 8.00. The molecule has 0 radical (unpaired) electrons. The number of rotatable bonds is 2. The van der Waals surface area contributed by atoms with Crippen molar-refractivity contribution in [3.8, 4) is 0 Å². The fourth-order valence-corrected chi connectivity index (χ4v) is 0.0873. The molecule has 0 rings (SSSR count). The molecule has 0 saturated carbocycles. The second-order valence-electron chi connectivity index (χ2n) is 1.11. The van der Waals surface area contributed by atoms with Gasteiger partial charge in [-0.15, -0.1) is 12.4 Å². The molecule has 0 bridgehead atoms. The fourth-order valence-electron chi connectivity index (χ4n) is 0.0873. The van der Waals surface area contributed by atoms with Crippen molar-refractivity contribution in [3.05, 3.63) is 12.2 Å². The van der Waals surface area contributed by atoms with Crippen LogP contribution < -0.4 is 5.73 Å². The summed E-state index contributed by atoms with van der Waals surface area (Å²) in [6, 6.07) is 0. The van der Waals surface area contributed by atoms with Crippen LogP contribution in [-0.2, 0) is 4.79 Å². The fraction of sp³-hybridized carbons (Fsp3) is 0.250. The average Bonchev–Trinajstić information content (AvgIpc) is 1.65. The van der Waals surface area contributed by atoms with Crippen LogP contribution in [0.25, 0.3) is 0 Å². The van der Waals surface area contributed by atoms with Gasteiger partial charge >= 0.3 is 5.97 Å². The molecule has 3 N–H and O–H groups in total. The molecular formula is C4H8ClNO2. The van der Waals surface area contributed by atoms with Gasteiger partial charge in [-0.05, 0) is 0 Å². The van der Waals surface area contributed by atoms with E-state index in [0.717, 1.165) is 0 Å². The zero-order valence-corrected chi connectivity index (χ0v) is 5.07. The number of hydrogen-bond donors (Lipinski definition) is 2. The summed E-state index contributed by atoms with van der Waals surface area (Å²) in [6.45, 7) is 3.17. The van der Waals surface area contributed by atoms with Crippen LogP contribution in [0, 0.1) is 0 Å². The normalized spacial score (nSPS) is 7.12. The SMILES string of the molecule is C=C(CN)C(=O)O.Cl. The van der Waals surface area contributed by atoms with Gasteiger partial charge in [0.25, 0.3) is 0 Å². The van der Waals surface area contributed by atoms with Crippen molar-refractivity contribution in [1.29, 1.82) is 0 Å². The van der Waals surface area contributed by atoms with Gasteiger partial charge in [-0.25, -0.2) is 4.79 Å². The van der Waals surface area contributed by atoms with Crippen molar-refractivity contribution < 1.29 is 9.90 Å². The van der Waals surface area contributed by atoms with Gasteiger partial charge in [0.2, 0.25) is 0 Å². The molecule has 0 heterocycles. The summed E-state index contributed by atoms with van der Waals surface area (Å²) in [5.74, 6) is -1.03. The molecular weight excluding hydrogens is 130 g/mol. The lowest BCUT2D eigenvalue weighted by Gasteiger charge is -1.88. The zero-order chi connectivity index (χ0) is 5.86. The highest BCUT2D eigenvalue weighted by Crippen LogP contribution is 1.81. The molecule has 0 aliphatic carbocycles. The number of aliphatic carboxylic acids is 1. The first-order valence-corrected chi connectivity index (χ1v) is 1.79. The van der Waals surface area contributed by atoms with Crippen LogP contribution in [0.5, 0.6) is 0 Å². The predicted molar refractivity (Wildman–Crippen MR) is 33.1 cm³/mol. The van der Waals surface area contributed by atoms with Gasteiger partial charge in [0.1, 0.15) is 0 Å². The van der Waals surface area contributed by atoms with Gasteiger partial charge in [0.15, 0.2) is 0 Å². The summed E-state index contributed by atoms with van der Waals surface area (Å²) < 4.78 is 0. The van der Waals surface area contributed by atoms with E-state index in [1.807, 2.05) is 0 Å². The molecule has 0 saturated heterocycles. The topological polar surface area (TPSA) is 63.3 Å². The van der Waals surface area contributed by atoms with Gasteiger partial charge in [0.05, 0.1) is 0 Å². The van der Waals surface area contributed by atoms with Crippen molar-refractivity contribution in [2.75, 3.05) is 6.54 Å². The number of hydrogen-bond acceptors (Lipinski definition) is 2. The maximum atomic E-state index is 9.75. The number of carbonyl (C=O) groups is 1. The first kappa shape index (κ1) is 10.4. The third kappa shape index (κ3) is 3.64. The largest absolute Gasteiger partial charge is 0.478 e. The van der Waals surface area contributed by atoms with Crippen LogP contribution in [0.3, 0.4) is 0 Å². The van der Waals surface area contributed by atoms with E-state index in [1.54, 1.807) is 0 Å². The Balaban J connectivity index is 0. The van der Waals surface area contributed by atoms with Gasteiger partial charge in [-0.3, -0.25) is 0 Å². The van der Waals surface area contributed by atoms with Crippen LogP contribution in [0.15, 0.2) is 12.2 Å². The van der Waals surface area contributed by atoms with Crippen LogP contribution >= 0.6 is 12.4 Å². The van der Waals surface area contributed by atoms with E-state index in [1.165, 1.54) is 0 Å². The van der Waals surface area contributed by atoms with E-state index in [9.17, 15) is 4.79 Å². The summed E-state index contributed by atoms with van der Waals surface area (Å²) in [7, 11) is 0. The molecule has 0 aromatic rings. The molecule has 0 aromatic carbocycles. The minimum atomic E-state index is -1.03. The molecule has 0 aromatic heterocycles. The highest BCUT2D eigenvalue weighted by atomic mass is 35.5. The van der Waals surface area contributed by atoms with Gasteiger partial charge < -0.3 is 10.8 Å². The maximum Gasteiger partial charge on any atom is 0.332 e. The Morgan fingerprint density at radius 1 is 1.75 bits per heavy atom. The number of nitrogens with two attached hydrogens (primary N) is 1. The molecule has 0 unspecified atom stereocenters. The smallest absolute Gasteiger partial charge is 0.332 e.